The fraction of sp³-hybridized carbons (Fsp3) is 0.238. The number of nitrogens with zero attached hydrogens (tertiary/aromatic N) is 1. The summed E-state index contributed by atoms with van der Waals surface area (Å²) in [5.74, 6) is -9.78. The summed E-state index contributed by atoms with van der Waals surface area (Å²) in [5.41, 5.74) is 5.66. The zero-order chi connectivity index (χ0) is 25.1. The summed E-state index contributed by atoms with van der Waals surface area (Å²) in [6, 6.07) is 13.9. The van der Waals surface area contributed by atoms with E-state index in [1.807, 2.05) is 5.32 Å². The van der Waals surface area contributed by atoms with Crippen molar-refractivity contribution in [3.8, 4) is 5.06 Å². The quantitative estimate of drug-likeness (QED) is 0.161. The molecule has 3 aromatic rings. The normalized spacial score (nSPS) is 12.5. The van der Waals surface area contributed by atoms with E-state index in [1.54, 1.807) is 30.3 Å². The Bertz CT molecular complexity index is 1130. The van der Waals surface area contributed by atoms with Crippen molar-refractivity contribution >= 4 is 28.1 Å². The number of carbonyl (C=O) groups excluding carboxylic acids is 1. The second-order valence-electron chi connectivity index (χ2n) is 7.63. The van der Waals surface area contributed by atoms with E-state index >= 15 is 0 Å². The van der Waals surface area contributed by atoms with E-state index in [9.17, 15) is 40.5 Å². The molecule has 2 aromatic carbocycles. The molecule has 1 heterocycles. The molecule has 0 bridgehead atoms. The first-order valence-corrected chi connectivity index (χ1v) is 10.6. The molecule has 0 unspecified atom stereocenters. The maximum absolute atomic E-state index is 12.3. The Labute approximate surface area is 197 Å². The minimum Gasteiger partial charge on any atom is -0.498 e. The first-order valence-electron chi connectivity index (χ1n) is 9.81. The van der Waals surface area contributed by atoms with E-state index < -0.39 is 40.7 Å². The van der Waals surface area contributed by atoms with Crippen LogP contribution in [0.15, 0.2) is 54.6 Å². The van der Waals surface area contributed by atoms with Crippen LogP contribution < -0.4 is 16.4 Å². The monoisotopic (exact) mass is 492 g/mol. The van der Waals surface area contributed by atoms with Crippen molar-refractivity contribution in [2.45, 2.75) is 30.5 Å². The molecule has 0 aliphatic carbocycles. The van der Waals surface area contributed by atoms with Crippen LogP contribution in [0.25, 0.3) is 0 Å². The van der Waals surface area contributed by atoms with Crippen LogP contribution in [0.1, 0.15) is 16.8 Å². The number of hydrogen-bond donors (Lipinski definition) is 10. The molecule has 13 heteroatoms. The zero-order valence-corrected chi connectivity index (χ0v) is 18.4. The van der Waals surface area contributed by atoms with Crippen molar-refractivity contribution in [2.75, 3.05) is 11.1 Å². The third kappa shape index (κ3) is 6.47. The predicted octanol–water partition coefficient (Wildman–Crippen LogP) is -1.14. The highest BCUT2D eigenvalue weighted by atomic mass is 32.1. The SMILES string of the molecule is Nc1nc(C(O)(O)C(=O)Nc2ccc(CC(O)(O)NC(O)(O)Cc3ccccc3)cc2)c(O)s1. The van der Waals surface area contributed by atoms with Crippen molar-refractivity contribution in [1.29, 1.82) is 0 Å². The number of anilines is 2. The smallest absolute Gasteiger partial charge is 0.294 e. The highest BCUT2D eigenvalue weighted by Gasteiger charge is 2.41. The zero-order valence-electron chi connectivity index (χ0n) is 17.6. The molecule has 12 nitrogen and oxygen atoms in total. The number of nitrogens with two attached hydrogens (primary N) is 1. The number of rotatable bonds is 9. The van der Waals surface area contributed by atoms with Crippen LogP contribution in [-0.2, 0) is 23.4 Å². The largest absolute Gasteiger partial charge is 0.498 e. The van der Waals surface area contributed by atoms with Gasteiger partial charge in [-0.1, -0.05) is 53.8 Å². The van der Waals surface area contributed by atoms with Crippen molar-refractivity contribution in [3.05, 3.63) is 71.4 Å². The number of thiazole rings is 1. The minimum atomic E-state index is -3.16. The summed E-state index contributed by atoms with van der Waals surface area (Å²) in [7, 11) is 0. The molecule has 0 radical (unpaired) electrons. The lowest BCUT2D eigenvalue weighted by atomic mass is 10.1. The van der Waals surface area contributed by atoms with E-state index in [2.05, 4.69) is 10.3 Å². The Hall–Kier alpha value is -3.14. The van der Waals surface area contributed by atoms with Crippen LogP contribution in [0.3, 0.4) is 0 Å². The molecule has 3 rings (SSSR count). The molecule has 0 saturated carbocycles. The number of carbonyl (C=O) groups is 1. The Kier molecular flexibility index (Phi) is 7.21. The van der Waals surface area contributed by atoms with Gasteiger partial charge in [0.2, 0.25) is 16.9 Å². The van der Waals surface area contributed by atoms with Crippen LogP contribution in [0.4, 0.5) is 10.8 Å². The van der Waals surface area contributed by atoms with Gasteiger partial charge in [0, 0.05) is 18.5 Å². The Balaban J connectivity index is 1.62. The van der Waals surface area contributed by atoms with Gasteiger partial charge in [0.1, 0.15) is 0 Å². The average Bonchev–Trinajstić information content (AvgIpc) is 3.07. The van der Waals surface area contributed by atoms with E-state index in [0.29, 0.717) is 22.5 Å². The molecular weight excluding hydrogens is 468 g/mol. The Morgan fingerprint density at radius 2 is 1.41 bits per heavy atom. The number of aromatic nitrogens is 1. The minimum absolute atomic E-state index is 0.112. The standard InChI is InChI=1S/C21H24N4O8S/c22-18-24-15(16(26)34-18)21(32,33)17(27)23-14-8-6-13(7-9-14)11-20(30,31)25-19(28,29)10-12-4-2-1-3-5-12/h1-9,25-26,28-33H,10-11H2,(H2,22,24)(H,23,27). The first-order chi connectivity index (χ1) is 15.8. The van der Waals surface area contributed by atoms with Gasteiger partial charge in [-0.25, -0.2) is 10.3 Å². The molecular formula is C21H24N4O8S. The van der Waals surface area contributed by atoms with Gasteiger partial charge in [-0.15, -0.1) is 0 Å². The third-order valence-corrected chi connectivity index (χ3v) is 5.32. The van der Waals surface area contributed by atoms with Crippen LogP contribution in [0.2, 0.25) is 0 Å². The Morgan fingerprint density at radius 1 is 0.882 bits per heavy atom. The molecule has 1 aromatic heterocycles. The predicted molar refractivity (Wildman–Crippen MR) is 121 cm³/mol. The topological polar surface area (TPSA) is 222 Å². The number of aliphatic hydroxyl groups is 6. The fourth-order valence-corrected chi connectivity index (χ4v) is 3.78. The lowest BCUT2D eigenvalue weighted by Gasteiger charge is -2.32. The van der Waals surface area contributed by atoms with Crippen LogP contribution >= 0.6 is 11.3 Å². The number of hydrogen-bond acceptors (Lipinski definition) is 12. The first kappa shape index (κ1) is 25.5. The van der Waals surface area contributed by atoms with Gasteiger partial charge in [0.05, 0.1) is 0 Å². The molecule has 1 amide bonds. The van der Waals surface area contributed by atoms with E-state index in [0.717, 1.165) is 0 Å². The van der Waals surface area contributed by atoms with Crippen molar-refractivity contribution in [1.82, 2.24) is 10.3 Å². The molecule has 182 valence electrons. The highest BCUT2D eigenvalue weighted by Crippen LogP contribution is 2.34. The van der Waals surface area contributed by atoms with E-state index in [4.69, 9.17) is 5.73 Å². The van der Waals surface area contributed by atoms with Crippen LogP contribution in [0.5, 0.6) is 5.06 Å². The average molecular weight is 493 g/mol. The van der Waals surface area contributed by atoms with E-state index in [1.165, 1.54) is 24.3 Å². The lowest BCUT2D eigenvalue weighted by molar-refractivity contribution is -0.284. The molecule has 0 atom stereocenters. The van der Waals surface area contributed by atoms with Gasteiger partial charge in [-0.3, -0.25) is 4.79 Å². The van der Waals surface area contributed by atoms with Gasteiger partial charge < -0.3 is 46.8 Å². The fourth-order valence-electron chi connectivity index (χ4n) is 3.16. The Morgan fingerprint density at radius 3 is 1.91 bits per heavy atom. The number of benzene rings is 2. The maximum Gasteiger partial charge on any atom is 0.294 e. The van der Waals surface area contributed by atoms with Crippen molar-refractivity contribution in [3.63, 3.8) is 0 Å². The van der Waals surface area contributed by atoms with Gasteiger partial charge in [0.15, 0.2) is 10.8 Å². The lowest BCUT2D eigenvalue weighted by Crippen LogP contribution is -2.60. The van der Waals surface area contributed by atoms with E-state index in [-0.39, 0.29) is 17.2 Å². The van der Waals surface area contributed by atoms with Crippen LogP contribution in [0, 0.1) is 0 Å². The summed E-state index contributed by atoms with van der Waals surface area (Å²) >= 11 is 0.564. The third-order valence-electron chi connectivity index (χ3n) is 4.63. The maximum atomic E-state index is 12.3. The number of nitrogen functional groups attached to an aromatic ring is 1. The van der Waals surface area contributed by atoms with Gasteiger partial charge in [0.25, 0.3) is 11.7 Å². The molecule has 0 aliphatic heterocycles. The molecule has 0 spiro atoms. The summed E-state index contributed by atoms with van der Waals surface area (Å²) < 4.78 is 0. The van der Waals surface area contributed by atoms with Crippen molar-refractivity contribution in [2.24, 2.45) is 0 Å². The molecule has 0 fully saturated rings. The van der Waals surface area contributed by atoms with Gasteiger partial charge in [-0.2, -0.15) is 0 Å². The molecule has 34 heavy (non-hydrogen) atoms. The summed E-state index contributed by atoms with van der Waals surface area (Å²) in [4.78, 5) is 15.8. The van der Waals surface area contributed by atoms with Gasteiger partial charge >= 0.3 is 0 Å². The number of amides is 1. The second kappa shape index (κ2) is 9.61. The summed E-state index contributed by atoms with van der Waals surface area (Å²) in [5, 5.41) is 73.9. The number of aromatic hydroxyl groups is 1. The second-order valence-corrected chi connectivity index (χ2v) is 8.64. The number of nitrogens with one attached hydrogen (secondary N) is 2. The van der Waals surface area contributed by atoms with Crippen molar-refractivity contribution < 1.29 is 40.5 Å². The summed E-state index contributed by atoms with van der Waals surface area (Å²) in [6.07, 6.45) is -0.777. The van der Waals surface area contributed by atoms with Gasteiger partial charge in [-0.05, 0) is 23.3 Å². The molecule has 11 N–H and O–H groups in total. The van der Waals surface area contributed by atoms with Crippen LogP contribution in [-0.4, -0.2) is 58.5 Å². The summed E-state index contributed by atoms with van der Waals surface area (Å²) in [6.45, 7) is 0. The highest BCUT2D eigenvalue weighted by molar-refractivity contribution is 7.17. The molecule has 0 aliphatic rings. The molecule has 0 saturated heterocycles.